The topological polar surface area (TPSA) is 134 Å². The third kappa shape index (κ3) is 4.37. The maximum absolute atomic E-state index is 15.7. The first kappa shape index (κ1) is 26.3. The molecule has 43 heavy (non-hydrogen) atoms. The van der Waals surface area contributed by atoms with Gasteiger partial charge in [0.05, 0.1) is 11.1 Å². The van der Waals surface area contributed by atoms with E-state index in [-0.39, 0.29) is 11.5 Å². The Balaban J connectivity index is 1.39. The molecule has 11 heteroatoms. The van der Waals surface area contributed by atoms with Crippen LogP contribution in [0.15, 0.2) is 79.3 Å². The van der Waals surface area contributed by atoms with Crippen LogP contribution in [0, 0.1) is 5.82 Å². The first-order chi connectivity index (χ1) is 20.8. The Morgan fingerprint density at radius 2 is 1.88 bits per heavy atom. The summed E-state index contributed by atoms with van der Waals surface area (Å²) >= 11 is 0. The molecule has 0 spiro atoms. The normalized spacial score (nSPS) is 14.3. The lowest BCUT2D eigenvalue weighted by Crippen LogP contribution is -2.18. The first-order valence-electron chi connectivity index (χ1n) is 13.8. The molecule has 6 aromatic rings. The van der Waals surface area contributed by atoms with Crippen molar-refractivity contribution in [1.82, 2.24) is 29.3 Å². The summed E-state index contributed by atoms with van der Waals surface area (Å²) in [6.45, 7) is 0. The van der Waals surface area contributed by atoms with Crippen LogP contribution in [-0.4, -0.2) is 49.3 Å². The van der Waals surface area contributed by atoms with Crippen LogP contribution in [0.4, 0.5) is 15.9 Å². The third-order valence-corrected chi connectivity index (χ3v) is 8.01. The van der Waals surface area contributed by atoms with Gasteiger partial charge in [-0.3, -0.25) is 9.36 Å². The summed E-state index contributed by atoms with van der Waals surface area (Å²) in [6.07, 6.45) is 6.60. The zero-order valence-electron chi connectivity index (χ0n) is 23.6. The SMILES string of the molecule is CN(C)c1cc(C(N)=O)c(F)c([C@H]2CCc3cc(-n4c(-c5cccnc5N)nc5ccc(-n6cccn6)nc54)ccc32)c1. The molecule has 4 aromatic heterocycles. The molecule has 0 fully saturated rings. The van der Waals surface area contributed by atoms with Crippen LogP contribution in [0.3, 0.4) is 0 Å². The molecule has 1 aliphatic rings. The van der Waals surface area contributed by atoms with Crippen molar-refractivity contribution in [2.45, 2.75) is 18.8 Å². The minimum atomic E-state index is -0.785. The summed E-state index contributed by atoms with van der Waals surface area (Å²) in [5.74, 6) is 0.0364. The third-order valence-electron chi connectivity index (χ3n) is 8.01. The maximum atomic E-state index is 15.7. The maximum Gasteiger partial charge on any atom is 0.251 e. The van der Waals surface area contributed by atoms with Crippen molar-refractivity contribution in [3.8, 4) is 22.9 Å². The van der Waals surface area contributed by atoms with Gasteiger partial charge in [-0.05, 0) is 84.1 Å². The molecule has 0 unspecified atom stereocenters. The zero-order valence-corrected chi connectivity index (χ0v) is 23.6. The first-order valence-corrected chi connectivity index (χ1v) is 13.8. The van der Waals surface area contributed by atoms with Crippen LogP contribution in [-0.2, 0) is 6.42 Å². The van der Waals surface area contributed by atoms with Crippen molar-refractivity contribution in [2.75, 3.05) is 24.7 Å². The number of amides is 1. The van der Waals surface area contributed by atoms with Crippen molar-refractivity contribution in [2.24, 2.45) is 5.73 Å². The number of pyridine rings is 2. The molecule has 1 amide bonds. The lowest BCUT2D eigenvalue weighted by molar-refractivity contribution is 0.0996. The summed E-state index contributed by atoms with van der Waals surface area (Å²) in [5, 5.41) is 4.33. The van der Waals surface area contributed by atoms with E-state index in [2.05, 4.69) is 16.1 Å². The number of hydrogen-bond acceptors (Lipinski definition) is 7. The monoisotopic (exact) mass is 573 g/mol. The largest absolute Gasteiger partial charge is 0.383 e. The molecule has 4 heterocycles. The smallest absolute Gasteiger partial charge is 0.251 e. The van der Waals surface area contributed by atoms with Crippen LogP contribution in [0.2, 0.25) is 0 Å². The van der Waals surface area contributed by atoms with Crippen LogP contribution >= 0.6 is 0 Å². The summed E-state index contributed by atoms with van der Waals surface area (Å²) < 4.78 is 19.3. The van der Waals surface area contributed by atoms with Crippen molar-refractivity contribution in [1.29, 1.82) is 0 Å². The van der Waals surface area contributed by atoms with E-state index in [0.717, 1.165) is 28.9 Å². The number of imidazole rings is 1. The van der Waals surface area contributed by atoms with Gasteiger partial charge in [0.1, 0.15) is 17.2 Å². The Kier molecular flexibility index (Phi) is 6.15. The average molecular weight is 574 g/mol. The number of primary amides is 1. The standard InChI is InChI=1S/C32H28FN9O/c1-40(2)20-16-24(28(33)25(17-20)30(35)43)22-8-6-18-15-19(7-9-21(18)22)42-31(23-5-3-12-36-29(23)34)38-26-10-11-27(39-32(26)42)41-14-4-13-37-41/h3-5,7,9-17,22H,6,8H2,1-2H3,(H2,34,36)(H2,35,43)/t22-/m0/s1. The van der Waals surface area contributed by atoms with Gasteiger partial charge in [0.2, 0.25) is 0 Å². The number of rotatable bonds is 6. The number of nitrogen functional groups attached to an aromatic ring is 1. The number of halogens is 1. The van der Waals surface area contributed by atoms with Gasteiger partial charge < -0.3 is 16.4 Å². The van der Waals surface area contributed by atoms with Crippen molar-refractivity contribution in [3.05, 3.63) is 107 Å². The molecule has 0 saturated carbocycles. The number of nitrogens with two attached hydrogens (primary N) is 2. The highest BCUT2D eigenvalue weighted by atomic mass is 19.1. The van der Waals surface area contributed by atoms with Crippen LogP contribution in [0.1, 0.15) is 39.4 Å². The second-order valence-electron chi connectivity index (χ2n) is 10.8. The predicted molar refractivity (Wildman–Crippen MR) is 163 cm³/mol. The Bertz CT molecular complexity index is 2030. The van der Waals surface area contributed by atoms with E-state index in [1.807, 2.05) is 78.3 Å². The number of aryl methyl sites for hydroxylation is 1. The van der Waals surface area contributed by atoms with Gasteiger partial charge in [-0.2, -0.15) is 5.10 Å². The molecular weight excluding hydrogens is 545 g/mol. The lowest BCUT2D eigenvalue weighted by atomic mass is 9.90. The minimum absolute atomic E-state index is 0.103. The van der Waals surface area contributed by atoms with Crippen molar-refractivity contribution in [3.63, 3.8) is 0 Å². The number of benzene rings is 2. The highest BCUT2D eigenvalue weighted by Gasteiger charge is 2.30. The van der Waals surface area contributed by atoms with Gasteiger partial charge in [0, 0.05) is 50.0 Å². The van der Waals surface area contributed by atoms with Crippen LogP contribution in [0.25, 0.3) is 34.1 Å². The van der Waals surface area contributed by atoms with E-state index in [9.17, 15) is 4.79 Å². The molecule has 0 radical (unpaired) electrons. The summed E-state index contributed by atoms with van der Waals surface area (Å²) in [5.41, 5.74) is 17.9. The molecule has 10 nitrogen and oxygen atoms in total. The molecule has 0 saturated heterocycles. The van der Waals surface area contributed by atoms with Crippen LogP contribution < -0.4 is 16.4 Å². The summed E-state index contributed by atoms with van der Waals surface area (Å²) in [6, 6.07) is 18.7. The number of aromatic nitrogens is 6. The predicted octanol–water partition coefficient (Wildman–Crippen LogP) is 4.63. The van der Waals surface area contributed by atoms with Gasteiger partial charge >= 0.3 is 0 Å². The van der Waals surface area contributed by atoms with E-state index in [4.69, 9.17) is 21.4 Å². The van der Waals surface area contributed by atoms with E-state index in [1.165, 1.54) is 6.07 Å². The van der Waals surface area contributed by atoms with Crippen molar-refractivity contribution < 1.29 is 9.18 Å². The fourth-order valence-electron chi connectivity index (χ4n) is 5.90. The second kappa shape index (κ2) is 10.1. The summed E-state index contributed by atoms with van der Waals surface area (Å²) in [7, 11) is 3.70. The van der Waals surface area contributed by atoms with E-state index < -0.39 is 11.7 Å². The number of carbonyl (C=O) groups excluding carboxylic acids is 1. The van der Waals surface area contributed by atoms with Gasteiger partial charge in [0.15, 0.2) is 17.3 Å². The van der Waals surface area contributed by atoms with Gasteiger partial charge in [-0.25, -0.2) is 24.0 Å². The highest BCUT2D eigenvalue weighted by Crippen LogP contribution is 2.42. The van der Waals surface area contributed by atoms with Gasteiger partial charge in [-0.1, -0.05) is 6.07 Å². The molecule has 4 N–H and O–H groups in total. The number of hydrogen-bond donors (Lipinski definition) is 2. The zero-order chi connectivity index (χ0) is 29.8. The van der Waals surface area contributed by atoms with E-state index >= 15 is 4.39 Å². The van der Waals surface area contributed by atoms with Crippen LogP contribution in [0.5, 0.6) is 0 Å². The highest BCUT2D eigenvalue weighted by molar-refractivity contribution is 5.94. The van der Waals surface area contributed by atoms with E-state index in [0.29, 0.717) is 46.2 Å². The Labute approximate surface area is 246 Å². The Morgan fingerprint density at radius 3 is 2.63 bits per heavy atom. The molecule has 1 aliphatic carbocycles. The molecule has 1 atom stereocenters. The average Bonchev–Trinajstić information content (AvgIpc) is 3.75. The van der Waals surface area contributed by atoms with E-state index in [1.54, 1.807) is 17.1 Å². The molecule has 0 bridgehead atoms. The number of fused-ring (bicyclic) bond motifs is 2. The lowest BCUT2D eigenvalue weighted by Gasteiger charge is -2.20. The fraction of sp³-hybridized carbons (Fsp3) is 0.156. The number of nitrogens with zero attached hydrogens (tertiary/aromatic N) is 7. The van der Waals surface area contributed by atoms with Crippen molar-refractivity contribution >= 4 is 28.6 Å². The second-order valence-corrected chi connectivity index (χ2v) is 10.8. The molecular formula is C32H28FN9O. The number of anilines is 2. The fourth-order valence-corrected chi connectivity index (χ4v) is 5.90. The Hall–Kier alpha value is -5.58. The Morgan fingerprint density at radius 1 is 1.02 bits per heavy atom. The van der Waals surface area contributed by atoms with Gasteiger partial charge in [-0.15, -0.1) is 0 Å². The summed E-state index contributed by atoms with van der Waals surface area (Å²) in [4.78, 5) is 28.1. The minimum Gasteiger partial charge on any atom is -0.383 e. The molecule has 2 aromatic carbocycles. The number of carbonyl (C=O) groups is 1. The molecule has 0 aliphatic heterocycles. The molecule has 214 valence electrons. The quantitative estimate of drug-likeness (QED) is 0.297. The van der Waals surface area contributed by atoms with Gasteiger partial charge in [0.25, 0.3) is 5.91 Å². The molecule has 7 rings (SSSR count).